The molecule has 0 amide bonds. The number of carbonyl (C=O) groups is 2. The van der Waals surface area contributed by atoms with Crippen LogP contribution in [0, 0.1) is 7.43 Å². The number of carboxylic acid groups (broad SMARTS) is 2. The third kappa shape index (κ3) is 20.1. The second kappa shape index (κ2) is 13.9. The summed E-state index contributed by atoms with van der Waals surface area (Å²) in [6, 6.07) is 0. The molecule has 0 aromatic rings. The third-order valence-electron chi connectivity index (χ3n) is 1.78. The largest absolute Gasteiger partial charge is 0.481 e. The number of carboxylic acids is 2. The van der Waals surface area contributed by atoms with Crippen LogP contribution in [0.2, 0.25) is 0 Å². The summed E-state index contributed by atoms with van der Waals surface area (Å²) >= 11 is 0. The minimum Gasteiger partial charge on any atom is -0.481 e. The number of hydrogen-bond acceptors (Lipinski definition) is 2. The molecule has 0 aromatic heterocycles. The van der Waals surface area contributed by atoms with Crippen LogP contribution in [0.15, 0.2) is 0 Å². The summed E-state index contributed by atoms with van der Waals surface area (Å²) in [7, 11) is 0. The van der Waals surface area contributed by atoms with E-state index in [4.69, 9.17) is 10.2 Å². The summed E-state index contributed by atoms with van der Waals surface area (Å²) in [5, 5.41) is 16.6. The molecule has 0 saturated heterocycles. The van der Waals surface area contributed by atoms with E-state index in [9.17, 15) is 9.59 Å². The molecule has 0 aliphatic heterocycles. The molecule has 0 atom stereocenters. The zero-order chi connectivity index (χ0) is 10.1. The second-order valence-corrected chi connectivity index (χ2v) is 3.06. The Bertz CT molecular complexity index is 153. The van der Waals surface area contributed by atoms with Crippen molar-refractivity contribution in [2.45, 2.75) is 44.9 Å². The first-order valence-electron chi connectivity index (χ1n) is 4.56. The molecule has 1 radical (unpaired) electrons. The van der Waals surface area contributed by atoms with E-state index in [0.29, 0.717) is 12.8 Å². The molecule has 0 heterocycles. The van der Waals surface area contributed by atoms with Crippen molar-refractivity contribution in [2.75, 3.05) is 0 Å². The van der Waals surface area contributed by atoms with Crippen molar-refractivity contribution in [3.05, 3.63) is 7.43 Å². The Morgan fingerprint density at radius 1 is 0.733 bits per heavy atom. The van der Waals surface area contributed by atoms with Crippen molar-refractivity contribution in [1.82, 2.24) is 0 Å². The Balaban J connectivity index is -0.000000720. The Morgan fingerprint density at radius 3 is 1.27 bits per heavy atom. The van der Waals surface area contributed by atoms with Gasteiger partial charge in [-0.3, -0.25) is 9.59 Å². The summed E-state index contributed by atoms with van der Waals surface area (Å²) in [5.41, 5.74) is 0. The average Bonchev–Trinajstić information content (AvgIpc) is 2.01. The molecule has 0 unspecified atom stereocenters. The third-order valence-corrected chi connectivity index (χ3v) is 1.78. The molecule has 5 heteroatoms. The second-order valence-electron chi connectivity index (χ2n) is 3.06. The van der Waals surface area contributed by atoms with Crippen LogP contribution in [0.4, 0.5) is 0 Å². The minimum atomic E-state index is -0.759. The summed E-state index contributed by atoms with van der Waals surface area (Å²) in [6.07, 6.45) is 4.53. The first-order valence-corrected chi connectivity index (χ1v) is 4.56. The van der Waals surface area contributed by atoms with E-state index in [1.807, 2.05) is 0 Å². The predicted molar refractivity (Wildman–Crippen MR) is 54.0 cm³/mol. The molecule has 0 aliphatic carbocycles. The van der Waals surface area contributed by atoms with E-state index in [-0.39, 0.29) is 53.0 Å². The van der Waals surface area contributed by atoms with Gasteiger partial charge in [-0.1, -0.05) is 19.3 Å². The van der Waals surface area contributed by atoms with E-state index in [0.717, 1.165) is 19.3 Å². The molecule has 0 aromatic carbocycles. The van der Waals surface area contributed by atoms with Gasteiger partial charge in [0.25, 0.3) is 0 Å². The molecule has 85 valence electrons. The molecule has 0 bridgehead atoms. The van der Waals surface area contributed by atoms with Crippen LogP contribution in [-0.2, 0) is 42.3 Å². The van der Waals surface area contributed by atoms with Gasteiger partial charge >= 0.3 is 11.9 Å². The average molecular weight is 292 g/mol. The van der Waals surface area contributed by atoms with Crippen LogP contribution in [0.1, 0.15) is 44.9 Å². The molecular weight excluding hydrogens is 273 g/mol. The summed E-state index contributed by atoms with van der Waals surface area (Å²) in [5.74, 6) is -1.52. The number of hydrogen-bond donors (Lipinski definition) is 2. The molecule has 0 aliphatic rings. The summed E-state index contributed by atoms with van der Waals surface area (Å²) in [6.45, 7) is 0. The maximum atomic E-state index is 10.1. The van der Waals surface area contributed by atoms with Gasteiger partial charge in [-0.05, 0) is 12.8 Å². The minimum absolute atomic E-state index is 0. The van der Waals surface area contributed by atoms with E-state index in [2.05, 4.69) is 0 Å². The smallest absolute Gasteiger partial charge is 0.303 e. The van der Waals surface area contributed by atoms with Crippen LogP contribution >= 0.6 is 0 Å². The Kier molecular flexibility index (Phi) is 18.9. The van der Waals surface area contributed by atoms with Gasteiger partial charge in [-0.15, -0.1) is 0 Å². The number of aliphatic carboxylic acids is 2. The van der Waals surface area contributed by atoms with Crippen LogP contribution in [0.5, 0.6) is 0 Å². The Morgan fingerprint density at radius 2 is 1.00 bits per heavy atom. The predicted octanol–water partition coefficient (Wildman–Crippen LogP) is 2.33. The SMILES string of the molecule is O=C(O)CCCCCCCC(=O)O.[CH3+].[Y]. The number of rotatable bonds is 8. The normalized spacial score (nSPS) is 8.53. The molecular formula is C10H19O4Y+. The van der Waals surface area contributed by atoms with Gasteiger partial charge in [0.15, 0.2) is 0 Å². The van der Waals surface area contributed by atoms with Crippen molar-refractivity contribution >= 4 is 11.9 Å². The molecule has 0 saturated carbocycles. The van der Waals surface area contributed by atoms with Crippen molar-refractivity contribution in [1.29, 1.82) is 0 Å². The molecule has 2 N–H and O–H groups in total. The summed E-state index contributed by atoms with van der Waals surface area (Å²) < 4.78 is 0. The van der Waals surface area contributed by atoms with Gasteiger partial charge in [-0.2, -0.15) is 0 Å². The zero-order valence-corrected chi connectivity index (χ0v) is 12.1. The van der Waals surface area contributed by atoms with E-state index >= 15 is 0 Å². The van der Waals surface area contributed by atoms with E-state index in [1.165, 1.54) is 0 Å². The molecule has 0 spiro atoms. The van der Waals surface area contributed by atoms with Crippen molar-refractivity contribution in [3.63, 3.8) is 0 Å². The first-order chi connectivity index (χ1) is 6.13. The summed E-state index contributed by atoms with van der Waals surface area (Å²) in [4.78, 5) is 20.2. The van der Waals surface area contributed by atoms with Crippen molar-refractivity contribution in [3.8, 4) is 0 Å². The van der Waals surface area contributed by atoms with Crippen LogP contribution < -0.4 is 0 Å². The van der Waals surface area contributed by atoms with Crippen LogP contribution in [0.3, 0.4) is 0 Å². The quantitative estimate of drug-likeness (QED) is 0.532. The van der Waals surface area contributed by atoms with E-state index < -0.39 is 11.9 Å². The van der Waals surface area contributed by atoms with Crippen LogP contribution in [0.25, 0.3) is 0 Å². The number of unbranched alkanes of at least 4 members (excludes halogenated alkanes) is 4. The molecule has 0 rings (SSSR count). The standard InChI is InChI=1S/C9H16O4.CH3.Y/c10-8(11)6-4-2-1-3-5-7-9(12)13;;/h1-7H2,(H,10,11)(H,12,13);1H3;/q;+1;. The topological polar surface area (TPSA) is 74.6 Å². The van der Waals surface area contributed by atoms with Gasteiger partial charge in [0, 0.05) is 53.0 Å². The fourth-order valence-electron chi connectivity index (χ4n) is 1.08. The van der Waals surface area contributed by atoms with Crippen molar-refractivity contribution < 1.29 is 52.5 Å². The van der Waals surface area contributed by atoms with Gasteiger partial charge in [-0.25, -0.2) is 0 Å². The maximum Gasteiger partial charge on any atom is 0.303 e. The fraction of sp³-hybridized carbons (Fsp3) is 0.700. The van der Waals surface area contributed by atoms with E-state index in [1.54, 1.807) is 0 Å². The first kappa shape index (κ1) is 20.3. The Labute approximate surface area is 116 Å². The maximum absolute atomic E-state index is 10.1. The monoisotopic (exact) mass is 292 g/mol. The van der Waals surface area contributed by atoms with Gasteiger partial charge < -0.3 is 10.2 Å². The molecule has 0 fully saturated rings. The Hall–Kier alpha value is -0.0861. The zero-order valence-electron chi connectivity index (χ0n) is 9.24. The van der Waals surface area contributed by atoms with Gasteiger partial charge in [0.2, 0.25) is 0 Å². The fourth-order valence-corrected chi connectivity index (χ4v) is 1.08. The van der Waals surface area contributed by atoms with Crippen molar-refractivity contribution in [2.24, 2.45) is 0 Å². The van der Waals surface area contributed by atoms with Crippen LogP contribution in [-0.4, -0.2) is 22.2 Å². The molecule has 4 nitrogen and oxygen atoms in total. The molecule has 15 heavy (non-hydrogen) atoms. The van der Waals surface area contributed by atoms with Gasteiger partial charge in [0.05, 0.1) is 0 Å². The van der Waals surface area contributed by atoms with Gasteiger partial charge in [0.1, 0.15) is 0 Å².